The Morgan fingerprint density at radius 2 is 1.89 bits per heavy atom. The molecule has 0 fully saturated rings. The first-order chi connectivity index (χ1) is 4.15. The van der Waals surface area contributed by atoms with Crippen molar-refractivity contribution in [2.24, 2.45) is 0 Å². The SMILES string of the molecule is CCCOC.O=C(O)O. The van der Waals surface area contributed by atoms with E-state index in [1.54, 1.807) is 7.11 Å². The molecule has 0 aromatic heterocycles. The summed E-state index contributed by atoms with van der Waals surface area (Å²) in [5.74, 6) is 0. The van der Waals surface area contributed by atoms with E-state index in [9.17, 15) is 0 Å². The van der Waals surface area contributed by atoms with Crippen LogP contribution < -0.4 is 0 Å². The van der Waals surface area contributed by atoms with Gasteiger partial charge in [0, 0.05) is 13.7 Å². The molecule has 0 radical (unpaired) electrons. The van der Waals surface area contributed by atoms with E-state index >= 15 is 0 Å². The monoisotopic (exact) mass is 136 g/mol. The minimum Gasteiger partial charge on any atom is -0.450 e. The fraction of sp³-hybridized carbons (Fsp3) is 0.800. The van der Waals surface area contributed by atoms with E-state index in [0.29, 0.717) is 0 Å². The molecule has 0 spiro atoms. The Bertz CT molecular complexity index is 56.0. The lowest BCUT2D eigenvalue weighted by atomic mass is 10.5. The van der Waals surface area contributed by atoms with Gasteiger partial charge in [0.15, 0.2) is 0 Å². The fourth-order valence-electron chi connectivity index (χ4n) is 0.204. The van der Waals surface area contributed by atoms with Crippen molar-refractivity contribution in [2.75, 3.05) is 13.7 Å². The first-order valence-corrected chi connectivity index (χ1v) is 2.56. The van der Waals surface area contributed by atoms with Gasteiger partial charge in [0.25, 0.3) is 0 Å². The van der Waals surface area contributed by atoms with Crippen molar-refractivity contribution in [1.82, 2.24) is 0 Å². The molecular formula is C5H12O4. The van der Waals surface area contributed by atoms with E-state index < -0.39 is 6.16 Å². The van der Waals surface area contributed by atoms with Crippen molar-refractivity contribution in [3.8, 4) is 0 Å². The molecule has 0 saturated heterocycles. The molecule has 0 aromatic carbocycles. The summed E-state index contributed by atoms with van der Waals surface area (Å²) in [4.78, 5) is 8.56. The topological polar surface area (TPSA) is 66.8 Å². The van der Waals surface area contributed by atoms with Gasteiger partial charge in [-0.1, -0.05) is 6.92 Å². The van der Waals surface area contributed by atoms with Crippen LogP contribution in [0.2, 0.25) is 0 Å². The number of carboxylic acid groups (broad SMARTS) is 2. The zero-order chi connectivity index (χ0) is 7.70. The number of methoxy groups -OCH3 is 1. The molecule has 0 unspecified atom stereocenters. The molecular weight excluding hydrogens is 124 g/mol. The minimum atomic E-state index is -1.83. The highest BCUT2D eigenvalue weighted by Gasteiger charge is 1.70. The third-order valence-electron chi connectivity index (χ3n) is 0.408. The lowest BCUT2D eigenvalue weighted by Crippen LogP contribution is -1.81. The summed E-state index contributed by atoms with van der Waals surface area (Å²) in [6.45, 7) is 2.98. The first kappa shape index (κ1) is 11.1. The predicted octanol–water partition coefficient (Wildman–Crippen LogP) is 1.27. The summed E-state index contributed by atoms with van der Waals surface area (Å²) in [5.41, 5.74) is 0. The fourth-order valence-corrected chi connectivity index (χ4v) is 0.204. The third-order valence-corrected chi connectivity index (χ3v) is 0.408. The van der Waals surface area contributed by atoms with Gasteiger partial charge in [-0.05, 0) is 6.42 Å². The second kappa shape index (κ2) is 10.3. The van der Waals surface area contributed by atoms with E-state index in [1.165, 1.54) is 0 Å². The number of rotatable bonds is 2. The largest absolute Gasteiger partial charge is 0.503 e. The van der Waals surface area contributed by atoms with Crippen LogP contribution in [0.1, 0.15) is 13.3 Å². The standard InChI is InChI=1S/C4H10O.CH2O3/c1-3-4-5-2;2-1(3)4/h3-4H2,1-2H3;(H2,2,3,4). The smallest absolute Gasteiger partial charge is 0.450 e. The van der Waals surface area contributed by atoms with Crippen LogP contribution in [0.5, 0.6) is 0 Å². The minimum absolute atomic E-state index is 0.889. The van der Waals surface area contributed by atoms with Crippen LogP contribution in [0.15, 0.2) is 0 Å². The molecule has 0 atom stereocenters. The Kier molecular flexibility index (Phi) is 12.6. The summed E-state index contributed by atoms with van der Waals surface area (Å²) in [7, 11) is 1.71. The highest BCUT2D eigenvalue weighted by Crippen LogP contribution is 1.70. The molecule has 0 aromatic rings. The molecule has 0 rings (SSSR count). The lowest BCUT2D eigenvalue weighted by molar-refractivity contribution is 0.137. The third kappa shape index (κ3) is 131. The van der Waals surface area contributed by atoms with Crippen molar-refractivity contribution < 1.29 is 19.7 Å². The van der Waals surface area contributed by atoms with Gasteiger partial charge >= 0.3 is 6.16 Å². The van der Waals surface area contributed by atoms with Crippen molar-refractivity contribution in [3.05, 3.63) is 0 Å². The highest BCUT2D eigenvalue weighted by atomic mass is 16.6. The van der Waals surface area contributed by atoms with Gasteiger partial charge in [-0.15, -0.1) is 0 Å². The van der Waals surface area contributed by atoms with Crippen LogP contribution >= 0.6 is 0 Å². The van der Waals surface area contributed by atoms with Gasteiger partial charge in [0.05, 0.1) is 0 Å². The van der Waals surface area contributed by atoms with E-state index in [4.69, 9.17) is 19.7 Å². The Morgan fingerprint density at radius 3 is 1.89 bits per heavy atom. The molecule has 0 saturated carbocycles. The maximum atomic E-state index is 8.56. The molecule has 0 amide bonds. The summed E-state index contributed by atoms with van der Waals surface area (Å²) in [6, 6.07) is 0. The van der Waals surface area contributed by atoms with E-state index in [1.807, 2.05) is 0 Å². The maximum absolute atomic E-state index is 8.56. The zero-order valence-corrected chi connectivity index (χ0v) is 5.63. The normalized spacial score (nSPS) is 7.33. The average molecular weight is 136 g/mol. The van der Waals surface area contributed by atoms with Crippen LogP contribution in [0.3, 0.4) is 0 Å². The zero-order valence-electron chi connectivity index (χ0n) is 5.63. The summed E-state index contributed by atoms with van der Waals surface area (Å²) in [6.07, 6.45) is -0.712. The molecule has 2 N–H and O–H groups in total. The Hall–Kier alpha value is -0.770. The summed E-state index contributed by atoms with van der Waals surface area (Å²) < 4.78 is 4.69. The van der Waals surface area contributed by atoms with Crippen molar-refractivity contribution in [2.45, 2.75) is 13.3 Å². The van der Waals surface area contributed by atoms with Gasteiger partial charge in [-0.2, -0.15) is 0 Å². The second-order valence-corrected chi connectivity index (χ2v) is 1.28. The summed E-state index contributed by atoms with van der Waals surface area (Å²) >= 11 is 0. The van der Waals surface area contributed by atoms with Gasteiger partial charge in [-0.25, -0.2) is 4.79 Å². The Labute approximate surface area is 54.1 Å². The number of hydrogen-bond donors (Lipinski definition) is 2. The molecule has 0 aliphatic rings. The Morgan fingerprint density at radius 1 is 1.56 bits per heavy atom. The van der Waals surface area contributed by atoms with Crippen LogP contribution in [-0.4, -0.2) is 30.1 Å². The van der Waals surface area contributed by atoms with Gasteiger partial charge in [0.2, 0.25) is 0 Å². The average Bonchev–Trinajstić information content (AvgIpc) is 1.66. The molecule has 4 nitrogen and oxygen atoms in total. The van der Waals surface area contributed by atoms with Crippen LogP contribution in [0.4, 0.5) is 4.79 Å². The molecule has 56 valence electrons. The van der Waals surface area contributed by atoms with Crippen LogP contribution in [0.25, 0.3) is 0 Å². The molecule has 9 heavy (non-hydrogen) atoms. The maximum Gasteiger partial charge on any atom is 0.503 e. The van der Waals surface area contributed by atoms with Gasteiger partial charge in [-0.3, -0.25) is 0 Å². The van der Waals surface area contributed by atoms with Crippen molar-refractivity contribution >= 4 is 6.16 Å². The quantitative estimate of drug-likeness (QED) is 0.599. The van der Waals surface area contributed by atoms with Gasteiger partial charge < -0.3 is 14.9 Å². The molecule has 0 aliphatic heterocycles. The number of hydrogen-bond acceptors (Lipinski definition) is 2. The van der Waals surface area contributed by atoms with Crippen LogP contribution in [0, 0.1) is 0 Å². The van der Waals surface area contributed by atoms with Crippen molar-refractivity contribution in [3.63, 3.8) is 0 Å². The molecule has 0 heterocycles. The highest BCUT2D eigenvalue weighted by molar-refractivity contribution is 5.53. The molecule has 4 heteroatoms. The van der Waals surface area contributed by atoms with E-state index in [-0.39, 0.29) is 0 Å². The first-order valence-electron chi connectivity index (χ1n) is 2.56. The molecule has 0 aliphatic carbocycles. The predicted molar refractivity (Wildman–Crippen MR) is 32.8 cm³/mol. The van der Waals surface area contributed by atoms with E-state index in [2.05, 4.69) is 6.92 Å². The second-order valence-electron chi connectivity index (χ2n) is 1.28. The summed E-state index contributed by atoms with van der Waals surface area (Å²) in [5, 5.41) is 13.9. The lowest BCUT2D eigenvalue weighted by Gasteiger charge is -1.84. The Balaban J connectivity index is 0. The number of ether oxygens (including phenoxy) is 1. The van der Waals surface area contributed by atoms with E-state index in [0.717, 1.165) is 13.0 Å². The van der Waals surface area contributed by atoms with Crippen LogP contribution in [-0.2, 0) is 4.74 Å². The molecule has 0 bridgehead atoms. The number of carbonyl (C=O) groups is 1. The van der Waals surface area contributed by atoms with Gasteiger partial charge in [0.1, 0.15) is 0 Å². The van der Waals surface area contributed by atoms with Crippen molar-refractivity contribution in [1.29, 1.82) is 0 Å².